The molecule has 0 aliphatic carbocycles. The maximum Gasteiger partial charge on any atom is 0.252 e. The Balaban J connectivity index is 2.06. The monoisotopic (exact) mass is 323 g/mol. The number of hydrogen-bond acceptors (Lipinski definition) is 2. The third kappa shape index (κ3) is 4.13. The number of nitrogens with two attached hydrogens (primary N) is 1. The van der Waals surface area contributed by atoms with Crippen LogP contribution < -0.4 is 10.5 Å². The second-order valence-corrected chi connectivity index (χ2v) is 5.54. The molecule has 2 aromatic carbocycles. The van der Waals surface area contributed by atoms with E-state index in [0.717, 1.165) is 11.1 Å². The van der Waals surface area contributed by atoms with Crippen molar-refractivity contribution in [1.82, 2.24) is 0 Å². The summed E-state index contributed by atoms with van der Waals surface area (Å²) < 4.78 is 5.68. The lowest BCUT2D eigenvalue weighted by atomic mass is 10.1. The molecule has 2 N–H and O–H groups in total. The largest absolute Gasteiger partial charge is 0.492 e. The molecule has 0 bridgehead atoms. The SMILES string of the molecule is Cc1ccc(C(N)=O)c(OCCc2ccc(Cl)cc2Cl)c1. The van der Waals surface area contributed by atoms with Crippen LogP contribution in [0.25, 0.3) is 0 Å². The minimum absolute atomic E-state index is 0.378. The molecular formula is C16H15Cl2NO2. The lowest BCUT2D eigenvalue weighted by molar-refractivity contribution is 0.0996. The minimum Gasteiger partial charge on any atom is -0.492 e. The molecule has 3 nitrogen and oxygen atoms in total. The Hall–Kier alpha value is -1.71. The molecule has 0 aromatic heterocycles. The van der Waals surface area contributed by atoms with Gasteiger partial charge in [-0.1, -0.05) is 35.3 Å². The number of amides is 1. The fourth-order valence-electron chi connectivity index (χ4n) is 1.95. The van der Waals surface area contributed by atoms with Gasteiger partial charge in [0.1, 0.15) is 5.75 Å². The highest BCUT2D eigenvalue weighted by Gasteiger charge is 2.10. The van der Waals surface area contributed by atoms with Crippen LogP contribution in [0.5, 0.6) is 5.75 Å². The number of rotatable bonds is 5. The summed E-state index contributed by atoms with van der Waals surface area (Å²) in [6.45, 7) is 2.32. The summed E-state index contributed by atoms with van der Waals surface area (Å²) in [5.41, 5.74) is 7.65. The first-order valence-electron chi connectivity index (χ1n) is 6.44. The molecule has 2 rings (SSSR count). The van der Waals surface area contributed by atoms with E-state index in [-0.39, 0.29) is 0 Å². The molecule has 21 heavy (non-hydrogen) atoms. The molecule has 0 aliphatic heterocycles. The molecule has 0 heterocycles. The van der Waals surface area contributed by atoms with Crippen molar-refractivity contribution < 1.29 is 9.53 Å². The summed E-state index contributed by atoms with van der Waals surface area (Å²) in [5, 5.41) is 1.20. The standard InChI is InChI=1S/C16H15Cl2NO2/c1-10-2-5-13(16(19)20)15(8-10)21-7-6-11-3-4-12(17)9-14(11)18/h2-5,8-9H,6-7H2,1H3,(H2,19,20). The zero-order valence-corrected chi connectivity index (χ0v) is 13.0. The molecule has 0 unspecified atom stereocenters. The number of aryl methyl sites for hydroxylation is 1. The summed E-state index contributed by atoms with van der Waals surface area (Å²) in [6, 6.07) is 10.6. The van der Waals surface area contributed by atoms with Crippen molar-refractivity contribution in [3.63, 3.8) is 0 Å². The number of halogens is 2. The van der Waals surface area contributed by atoms with Gasteiger partial charge in [0.2, 0.25) is 0 Å². The predicted molar refractivity (Wildman–Crippen MR) is 85.4 cm³/mol. The second-order valence-electron chi connectivity index (χ2n) is 4.70. The number of primary amides is 1. The normalized spacial score (nSPS) is 10.4. The van der Waals surface area contributed by atoms with Crippen molar-refractivity contribution in [3.05, 3.63) is 63.1 Å². The maximum absolute atomic E-state index is 11.4. The summed E-state index contributed by atoms with van der Waals surface area (Å²) in [7, 11) is 0. The molecule has 5 heteroatoms. The average Bonchev–Trinajstić information content (AvgIpc) is 2.41. The predicted octanol–water partition coefficient (Wildman–Crippen LogP) is 4.02. The number of carbonyl (C=O) groups excluding carboxylic acids is 1. The zero-order chi connectivity index (χ0) is 15.4. The first-order valence-corrected chi connectivity index (χ1v) is 7.20. The van der Waals surface area contributed by atoms with Gasteiger partial charge >= 0.3 is 0 Å². The number of benzene rings is 2. The van der Waals surface area contributed by atoms with E-state index >= 15 is 0 Å². The van der Waals surface area contributed by atoms with Crippen molar-refractivity contribution in [3.8, 4) is 5.75 Å². The summed E-state index contributed by atoms with van der Waals surface area (Å²) in [6.07, 6.45) is 0.613. The molecular weight excluding hydrogens is 309 g/mol. The zero-order valence-electron chi connectivity index (χ0n) is 11.5. The van der Waals surface area contributed by atoms with Crippen LogP contribution >= 0.6 is 23.2 Å². The van der Waals surface area contributed by atoms with Gasteiger partial charge in [0.15, 0.2) is 0 Å². The van der Waals surface area contributed by atoms with Gasteiger partial charge in [-0.3, -0.25) is 4.79 Å². The van der Waals surface area contributed by atoms with E-state index < -0.39 is 5.91 Å². The first-order chi connectivity index (χ1) is 9.97. The van der Waals surface area contributed by atoms with Crippen LogP contribution in [0.2, 0.25) is 10.0 Å². The van der Waals surface area contributed by atoms with Gasteiger partial charge in [-0.15, -0.1) is 0 Å². The lowest BCUT2D eigenvalue weighted by Gasteiger charge is -2.11. The Labute approximate surface area is 133 Å². The van der Waals surface area contributed by atoms with Crippen molar-refractivity contribution in [2.45, 2.75) is 13.3 Å². The third-order valence-electron chi connectivity index (χ3n) is 3.05. The van der Waals surface area contributed by atoms with Gasteiger partial charge in [0.25, 0.3) is 5.91 Å². The van der Waals surface area contributed by atoms with Gasteiger partial charge in [-0.2, -0.15) is 0 Å². The van der Waals surface area contributed by atoms with Crippen molar-refractivity contribution in [1.29, 1.82) is 0 Å². The molecule has 110 valence electrons. The van der Waals surface area contributed by atoms with Crippen LogP contribution in [0.4, 0.5) is 0 Å². The van der Waals surface area contributed by atoms with Gasteiger partial charge in [0, 0.05) is 16.5 Å². The Bertz CT molecular complexity index is 671. The summed E-state index contributed by atoms with van der Waals surface area (Å²) in [5.74, 6) is -0.0119. The van der Waals surface area contributed by atoms with E-state index in [2.05, 4.69) is 0 Å². The Kier molecular flexibility index (Phi) is 5.10. The second kappa shape index (κ2) is 6.83. The van der Waals surface area contributed by atoms with E-state index in [9.17, 15) is 4.79 Å². The molecule has 0 fully saturated rings. The van der Waals surface area contributed by atoms with E-state index in [1.807, 2.05) is 19.1 Å². The molecule has 0 saturated heterocycles. The Morgan fingerprint density at radius 2 is 1.95 bits per heavy atom. The molecule has 0 saturated carbocycles. The van der Waals surface area contributed by atoms with E-state index in [1.54, 1.807) is 24.3 Å². The van der Waals surface area contributed by atoms with Crippen LogP contribution in [0, 0.1) is 6.92 Å². The highest BCUT2D eigenvalue weighted by Crippen LogP contribution is 2.23. The summed E-state index contributed by atoms with van der Waals surface area (Å²) >= 11 is 12.0. The third-order valence-corrected chi connectivity index (χ3v) is 3.63. The van der Waals surface area contributed by atoms with Gasteiger partial charge in [-0.25, -0.2) is 0 Å². The number of hydrogen-bond donors (Lipinski definition) is 1. The molecule has 2 aromatic rings. The average molecular weight is 324 g/mol. The fraction of sp³-hybridized carbons (Fsp3) is 0.188. The highest BCUT2D eigenvalue weighted by atomic mass is 35.5. The minimum atomic E-state index is -0.505. The van der Waals surface area contributed by atoms with Gasteiger partial charge in [-0.05, 0) is 42.3 Å². The van der Waals surface area contributed by atoms with Crippen molar-refractivity contribution in [2.75, 3.05) is 6.61 Å². The van der Waals surface area contributed by atoms with Crippen LogP contribution in [0.15, 0.2) is 36.4 Å². The van der Waals surface area contributed by atoms with Gasteiger partial charge in [0.05, 0.1) is 12.2 Å². The smallest absolute Gasteiger partial charge is 0.252 e. The molecule has 0 aliphatic rings. The summed E-state index contributed by atoms with van der Waals surface area (Å²) in [4.78, 5) is 11.4. The number of ether oxygens (including phenoxy) is 1. The maximum atomic E-state index is 11.4. The molecule has 0 radical (unpaired) electrons. The van der Waals surface area contributed by atoms with E-state index in [1.165, 1.54) is 0 Å². The van der Waals surface area contributed by atoms with E-state index in [4.69, 9.17) is 33.7 Å². The van der Waals surface area contributed by atoms with E-state index in [0.29, 0.717) is 34.4 Å². The van der Waals surface area contributed by atoms with Crippen molar-refractivity contribution in [2.24, 2.45) is 5.73 Å². The first kappa shape index (κ1) is 15.7. The van der Waals surface area contributed by atoms with Crippen LogP contribution in [-0.4, -0.2) is 12.5 Å². The van der Waals surface area contributed by atoms with Crippen molar-refractivity contribution >= 4 is 29.1 Å². The quantitative estimate of drug-likeness (QED) is 0.903. The lowest BCUT2D eigenvalue weighted by Crippen LogP contribution is -2.14. The van der Waals surface area contributed by atoms with Gasteiger partial charge < -0.3 is 10.5 Å². The molecule has 0 atom stereocenters. The topological polar surface area (TPSA) is 52.3 Å². The fourth-order valence-corrected chi connectivity index (χ4v) is 2.45. The highest BCUT2D eigenvalue weighted by molar-refractivity contribution is 6.35. The molecule has 0 spiro atoms. The van der Waals surface area contributed by atoms with Crippen LogP contribution in [-0.2, 0) is 6.42 Å². The molecule has 1 amide bonds. The van der Waals surface area contributed by atoms with Crippen LogP contribution in [0.3, 0.4) is 0 Å². The Morgan fingerprint density at radius 1 is 1.19 bits per heavy atom. The number of carbonyl (C=O) groups is 1. The Morgan fingerprint density at radius 3 is 2.62 bits per heavy atom. The van der Waals surface area contributed by atoms with Crippen LogP contribution in [0.1, 0.15) is 21.5 Å².